The molecule has 0 saturated carbocycles. The number of aryl methyl sites for hydroxylation is 1. The second kappa shape index (κ2) is 10.4. The number of anilines is 1. The van der Waals surface area contributed by atoms with Crippen molar-refractivity contribution in [2.75, 3.05) is 39.0 Å². The maximum absolute atomic E-state index is 12.0. The van der Waals surface area contributed by atoms with Crippen LogP contribution in [0, 0.1) is 0 Å². The number of aromatic nitrogens is 2. The lowest BCUT2D eigenvalue weighted by atomic mass is 10.1. The molecular formula is C19H27N5O. The zero-order valence-electron chi connectivity index (χ0n) is 15.0. The van der Waals surface area contributed by atoms with E-state index in [0.29, 0.717) is 18.1 Å². The summed E-state index contributed by atoms with van der Waals surface area (Å²) in [5.41, 5.74) is 1.68. The molecule has 1 aromatic carbocycles. The summed E-state index contributed by atoms with van der Waals surface area (Å²) in [5.74, 6) is 0.513. The molecule has 0 unspecified atom stereocenters. The number of carbonyl (C=O) groups excluding carboxylic acids is 1. The minimum absolute atomic E-state index is 0.179. The molecule has 0 aliphatic carbocycles. The van der Waals surface area contributed by atoms with E-state index in [0.717, 1.165) is 32.4 Å². The van der Waals surface area contributed by atoms with Crippen molar-refractivity contribution in [1.29, 1.82) is 0 Å². The van der Waals surface area contributed by atoms with E-state index in [1.807, 2.05) is 20.2 Å². The number of nitrogens with one attached hydrogen (secondary N) is 2. The Bertz CT molecular complexity index is 628. The summed E-state index contributed by atoms with van der Waals surface area (Å²) < 4.78 is 0. The van der Waals surface area contributed by atoms with Crippen LogP contribution in [0.2, 0.25) is 0 Å². The van der Waals surface area contributed by atoms with Crippen molar-refractivity contribution in [3.63, 3.8) is 0 Å². The van der Waals surface area contributed by atoms with Crippen molar-refractivity contribution in [3.8, 4) is 0 Å². The van der Waals surface area contributed by atoms with E-state index < -0.39 is 0 Å². The van der Waals surface area contributed by atoms with Gasteiger partial charge in [0.25, 0.3) is 5.91 Å². The van der Waals surface area contributed by atoms with Crippen LogP contribution in [0.1, 0.15) is 28.9 Å². The molecule has 0 bridgehead atoms. The van der Waals surface area contributed by atoms with Gasteiger partial charge in [-0.25, -0.2) is 0 Å². The maximum Gasteiger partial charge on any atom is 0.271 e. The molecule has 0 radical (unpaired) electrons. The van der Waals surface area contributed by atoms with Crippen molar-refractivity contribution in [1.82, 2.24) is 20.4 Å². The van der Waals surface area contributed by atoms with E-state index in [1.165, 1.54) is 5.56 Å². The van der Waals surface area contributed by atoms with Gasteiger partial charge in [0, 0.05) is 13.1 Å². The van der Waals surface area contributed by atoms with Gasteiger partial charge in [0.2, 0.25) is 0 Å². The van der Waals surface area contributed by atoms with Crippen LogP contribution in [-0.2, 0) is 6.42 Å². The van der Waals surface area contributed by atoms with Gasteiger partial charge in [0.15, 0.2) is 5.69 Å². The molecule has 1 heterocycles. The number of amides is 1. The second-order valence-electron chi connectivity index (χ2n) is 6.23. The Kier molecular flexibility index (Phi) is 7.85. The monoisotopic (exact) mass is 341 g/mol. The van der Waals surface area contributed by atoms with Gasteiger partial charge >= 0.3 is 0 Å². The van der Waals surface area contributed by atoms with Crippen LogP contribution in [0.15, 0.2) is 42.5 Å². The molecule has 0 fully saturated rings. The van der Waals surface area contributed by atoms with Crippen LogP contribution >= 0.6 is 0 Å². The summed E-state index contributed by atoms with van der Waals surface area (Å²) in [6.45, 7) is 2.40. The summed E-state index contributed by atoms with van der Waals surface area (Å²) in [6.07, 6.45) is 2.95. The highest BCUT2D eigenvalue weighted by atomic mass is 16.1. The third-order valence-corrected chi connectivity index (χ3v) is 3.76. The fourth-order valence-electron chi connectivity index (χ4n) is 2.39. The summed E-state index contributed by atoms with van der Waals surface area (Å²) in [5, 5.41) is 14.2. The van der Waals surface area contributed by atoms with Gasteiger partial charge in [-0.3, -0.25) is 4.79 Å². The van der Waals surface area contributed by atoms with Gasteiger partial charge in [-0.15, -0.1) is 10.2 Å². The van der Waals surface area contributed by atoms with E-state index in [1.54, 1.807) is 12.1 Å². The molecule has 2 aromatic rings. The number of carbonyl (C=O) groups is 1. The molecule has 2 rings (SSSR count). The topological polar surface area (TPSA) is 70.2 Å². The SMILES string of the molecule is CN(C)CCCNC(=O)c1ccc(NCCCc2ccccc2)nn1. The van der Waals surface area contributed by atoms with Crippen molar-refractivity contribution >= 4 is 11.7 Å². The quantitative estimate of drug-likeness (QED) is 0.648. The molecule has 0 aliphatic heterocycles. The molecular weight excluding hydrogens is 314 g/mol. The van der Waals surface area contributed by atoms with E-state index in [2.05, 4.69) is 50.0 Å². The molecule has 0 atom stereocenters. The zero-order valence-corrected chi connectivity index (χ0v) is 15.0. The molecule has 134 valence electrons. The molecule has 25 heavy (non-hydrogen) atoms. The smallest absolute Gasteiger partial charge is 0.271 e. The first-order chi connectivity index (χ1) is 12.1. The van der Waals surface area contributed by atoms with Crippen molar-refractivity contribution < 1.29 is 4.79 Å². The summed E-state index contributed by atoms with van der Waals surface area (Å²) in [4.78, 5) is 14.1. The lowest BCUT2D eigenvalue weighted by molar-refractivity contribution is 0.0946. The maximum atomic E-state index is 12.0. The van der Waals surface area contributed by atoms with Gasteiger partial charge in [-0.2, -0.15) is 0 Å². The number of rotatable bonds is 10. The Balaban J connectivity index is 1.67. The first-order valence-electron chi connectivity index (χ1n) is 8.69. The van der Waals surface area contributed by atoms with Gasteiger partial charge < -0.3 is 15.5 Å². The molecule has 2 N–H and O–H groups in total. The van der Waals surface area contributed by atoms with E-state index in [-0.39, 0.29) is 5.91 Å². The van der Waals surface area contributed by atoms with Crippen molar-refractivity contribution in [2.24, 2.45) is 0 Å². The van der Waals surface area contributed by atoms with Gasteiger partial charge in [-0.05, 0) is 57.6 Å². The molecule has 0 spiro atoms. The Morgan fingerprint density at radius 3 is 2.48 bits per heavy atom. The van der Waals surface area contributed by atoms with E-state index in [4.69, 9.17) is 0 Å². The first-order valence-corrected chi connectivity index (χ1v) is 8.69. The van der Waals surface area contributed by atoms with Crippen LogP contribution < -0.4 is 10.6 Å². The Labute approximate surface area is 149 Å². The standard InChI is InChI=1S/C19H27N5O/c1-24(2)15-7-14-21-19(25)17-11-12-18(23-22-17)20-13-6-10-16-8-4-3-5-9-16/h3-5,8-9,11-12H,6-7,10,13-15H2,1-2H3,(H,20,23)(H,21,25). The predicted octanol–water partition coefficient (Wildman–Crippen LogP) is 2.20. The second-order valence-corrected chi connectivity index (χ2v) is 6.23. The summed E-state index contributed by atoms with van der Waals surface area (Å²) >= 11 is 0. The summed E-state index contributed by atoms with van der Waals surface area (Å²) in [7, 11) is 4.03. The highest BCUT2D eigenvalue weighted by Crippen LogP contribution is 2.05. The number of nitrogens with zero attached hydrogens (tertiary/aromatic N) is 3. The zero-order chi connectivity index (χ0) is 17.9. The normalized spacial score (nSPS) is 10.7. The average molecular weight is 341 g/mol. The van der Waals surface area contributed by atoms with Crippen molar-refractivity contribution in [3.05, 3.63) is 53.7 Å². The Morgan fingerprint density at radius 1 is 1.00 bits per heavy atom. The lowest BCUT2D eigenvalue weighted by Gasteiger charge is -2.09. The van der Waals surface area contributed by atoms with Crippen molar-refractivity contribution in [2.45, 2.75) is 19.3 Å². The lowest BCUT2D eigenvalue weighted by Crippen LogP contribution is -2.28. The highest BCUT2D eigenvalue weighted by Gasteiger charge is 2.07. The molecule has 6 heteroatoms. The minimum atomic E-state index is -0.179. The minimum Gasteiger partial charge on any atom is -0.369 e. The first kappa shape index (κ1) is 18.9. The van der Waals surface area contributed by atoms with Gasteiger partial charge in [0.05, 0.1) is 0 Å². The average Bonchev–Trinajstić information content (AvgIpc) is 2.63. The highest BCUT2D eigenvalue weighted by molar-refractivity contribution is 5.92. The molecule has 1 amide bonds. The predicted molar refractivity (Wildman–Crippen MR) is 101 cm³/mol. The number of benzene rings is 1. The van der Waals surface area contributed by atoms with E-state index in [9.17, 15) is 4.79 Å². The largest absolute Gasteiger partial charge is 0.369 e. The van der Waals surface area contributed by atoms with E-state index >= 15 is 0 Å². The molecule has 6 nitrogen and oxygen atoms in total. The van der Waals surface area contributed by atoms with Gasteiger partial charge in [-0.1, -0.05) is 30.3 Å². The number of hydrogen-bond acceptors (Lipinski definition) is 5. The molecule has 0 aliphatic rings. The van der Waals surface area contributed by atoms with Gasteiger partial charge in [0.1, 0.15) is 5.82 Å². The fourth-order valence-corrected chi connectivity index (χ4v) is 2.39. The third kappa shape index (κ3) is 7.30. The van der Waals surface area contributed by atoms with Crippen LogP contribution in [0.3, 0.4) is 0 Å². The third-order valence-electron chi connectivity index (χ3n) is 3.76. The van der Waals surface area contributed by atoms with Crippen LogP contribution in [-0.4, -0.2) is 54.7 Å². The van der Waals surface area contributed by atoms with Crippen LogP contribution in [0.25, 0.3) is 0 Å². The number of hydrogen-bond donors (Lipinski definition) is 2. The van der Waals surface area contributed by atoms with Crippen LogP contribution in [0.5, 0.6) is 0 Å². The molecule has 0 saturated heterocycles. The summed E-state index contributed by atoms with van der Waals surface area (Å²) in [6, 6.07) is 13.9. The Hall–Kier alpha value is -2.47. The Morgan fingerprint density at radius 2 is 1.80 bits per heavy atom. The molecule has 1 aromatic heterocycles. The fraction of sp³-hybridized carbons (Fsp3) is 0.421. The van der Waals surface area contributed by atoms with Crippen LogP contribution in [0.4, 0.5) is 5.82 Å².